The third-order valence-corrected chi connectivity index (χ3v) is 13.8. The van der Waals surface area contributed by atoms with Gasteiger partial charge in [0.15, 0.2) is 0 Å². The van der Waals surface area contributed by atoms with Crippen molar-refractivity contribution in [3.63, 3.8) is 0 Å². The first-order valence-electron chi connectivity index (χ1n) is 18.5. The first-order chi connectivity index (χ1) is 26.8. The molecule has 0 bridgehead atoms. The van der Waals surface area contributed by atoms with E-state index in [-0.39, 0.29) is 0 Å². The van der Waals surface area contributed by atoms with Crippen molar-refractivity contribution in [1.29, 1.82) is 0 Å². The Kier molecular flexibility index (Phi) is 6.48. The fraction of sp³-hybridized carbons (Fsp3) is 0. The molecule has 12 aromatic rings. The Morgan fingerprint density at radius 3 is 1.52 bits per heavy atom. The minimum atomic E-state index is 1.24. The van der Waals surface area contributed by atoms with E-state index in [0.29, 0.717) is 0 Å². The standard InChI is InChI=1S/C52H30S2/c1-2-12-31(13-3-1)48-37-15-5-7-17-39(37)49(40-18-8-6-16-38(40)48)35-25-23-32-28-34(24-22-33(32)29-35)44-30-45-42-26-27-47-50(43-20-10-11-21-46(43)53-47)52(42)54-51(45)41-19-9-4-14-36(41)44/h1-30H. The van der Waals surface area contributed by atoms with Crippen LogP contribution in [-0.2, 0) is 0 Å². The van der Waals surface area contributed by atoms with Gasteiger partial charge in [-0.15, -0.1) is 22.7 Å². The highest BCUT2D eigenvalue weighted by atomic mass is 32.1. The molecule has 0 fully saturated rings. The maximum Gasteiger partial charge on any atom is 0.0448 e. The molecule has 0 amide bonds. The first-order valence-corrected chi connectivity index (χ1v) is 20.1. The molecule has 0 radical (unpaired) electrons. The summed E-state index contributed by atoms with van der Waals surface area (Å²) in [6.07, 6.45) is 0. The highest BCUT2D eigenvalue weighted by Crippen LogP contribution is 2.49. The lowest BCUT2D eigenvalue weighted by Crippen LogP contribution is -1.91. The Morgan fingerprint density at radius 1 is 0.278 bits per heavy atom. The third kappa shape index (κ3) is 4.36. The van der Waals surface area contributed by atoms with E-state index < -0.39 is 0 Å². The second-order valence-electron chi connectivity index (χ2n) is 14.3. The van der Waals surface area contributed by atoms with Gasteiger partial charge in [-0.1, -0.05) is 152 Å². The molecule has 0 aliphatic heterocycles. The van der Waals surface area contributed by atoms with Crippen molar-refractivity contribution in [2.75, 3.05) is 0 Å². The maximum atomic E-state index is 2.46. The second kappa shape index (κ2) is 11.6. The normalized spacial score (nSPS) is 12.1. The molecule has 0 N–H and O–H groups in total. The number of benzene rings is 10. The Balaban J connectivity index is 1.05. The molecule has 2 aromatic heterocycles. The second-order valence-corrected chi connectivity index (χ2v) is 16.5. The van der Waals surface area contributed by atoms with Crippen LogP contribution in [0.15, 0.2) is 182 Å². The van der Waals surface area contributed by atoms with Crippen LogP contribution in [0.5, 0.6) is 0 Å². The van der Waals surface area contributed by atoms with Gasteiger partial charge in [0, 0.05) is 45.7 Å². The SMILES string of the molecule is c1ccc(-c2c3ccccc3c(-c3ccc4cc(-c5cc6c7ccc8sc9ccccc9c8c7sc6c6ccccc56)ccc4c3)c3ccccc23)cc1. The molecule has 2 heterocycles. The van der Waals surface area contributed by atoms with Gasteiger partial charge in [-0.25, -0.2) is 0 Å². The van der Waals surface area contributed by atoms with Gasteiger partial charge in [0.25, 0.3) is 0 Å². The quantitative estimate of drug-likeness (QED) is 0.160. The number of fused-ring (bicyclic) bond motifs is 12. The van der Waals surface area contributed by atoms with Crippen LogP contribution < -0.4 is 0 Å². The average Bonchev–Trinajstić information content (AvgIpc) is 3.81. The van der Waals surface area contributed by atoms with Crippen LogP contribution in [0.4, 0.5) is 0 Å². The van der Waals surface area contributed by atoms with Crippen molar-refractivity contribution in [2.45, 2.75) is 0 Å². The van der Waals surface area contributed by atoms with Gasteiger partial charge < -0.3 is 0 Å². The molecule has 2 heteroatoms. The molecule has 12 rings (SSSR count). The van der Waals surface area contributed by atoms with Crippen LogP contribution >= 0.6 is 22.7 Å². The summed E-state index contributed by atoms with van der Waals surface area (Å²) in [5, 5.41) is 15.7. The molecule has 0 aliphatic rings. The summed E-state index contributed by atoms with van der Waals surface area (Å²) in [6.45, 7) is 0. The minimum Gasteiger partial charge on any atom is -0.135 e. The molecule has 250 valence electrons. The monoisotopic (exact) mass is 718 g/mol. The highest BCUT2D eigenvalue weighted by molar-refractivity contribution is 7.30. The number of rotatable bonds is 3. The first kappa shape index (κ1) is 30.2. The molecule has 0 saturated heterocycles. The van der Waals surface area contributed by atoms with Gasteiger partial charge >= 0.3 is 0 Å². The van der Waals surface area contributed by atoms with Crippen LogP contribution in [0.25, 0.3) is 117 Å². The zero-order chi connectivity index (χ0) is 35.3. The van der Waals surface area contributed by atoms with Crippen LogP contribution in [0, 0.1) is 0 Å². The van der Waals surface area contributed by atoms with Gasteiger partial charge in [0.05, 0.1) is 0 Å². The van der Waals surface area contributed by atoms with E-state index in [0.717, 1.165) is 0 Å². The fourth-order valence-corrected chi connectivity index (χ4v) is 11.6. The summed E-state index contributed by atoms with van der Waals surface area (Å²) in [4.78, 5) is 0. The van der Waals surface area contributed by atoms with Crippen LogP contribution in [0.3, 0.4) is 0 Å². The topological polar surface area (TPSA) is 0 Å². The zero-order valence-corrected chi connectivity index (χ0v) is 30.8. The van der Waals surface area contributed by atoms with E-state index in [9.17, 15) is 0 Å². The summed E-state index contributed by atoms with van der Waals surface area (Å²) in [7, 11) is 0. The lowest BCUT2D eigenvalue weighted by atomic mass is 9.85. The Bertz CT molecular complexity index is 3430. The van der Waals surface area contributed by atoms with E-state index in [1.165, 1.54) is 117 Å². The number of hydrogen-bond donors (Lipinski definition) is 0. The van der Waals surface area contributed by atoms with E-state index in [4.69, 9.17) is 0 Å². The molecule has 10 aromatic carbocycles. The Hall–Kier alpha value is -6.32. The molecule has 0 aliphatic carbocycles. The summed E-state index contributed by atoms with van der Waals surface area (Å²) in [5.74, 6) is 0. The summed E-state index contributed by atoms with van der Waals surface area (Å²) in [6, 6.07) is 67.7. The fourth-order valence-electron chi connectivity index (χ4n) is 9.03. The molecular formula is C52H30S2. The van der Waals surface area contributed by atoms with Gasteiger partial charge in [0.2, 0.25) is 0 Å². The van der Waals surface area contributed by atoms with Gasteiger partial charge in [-0.3, -0.25) is 0 Å². The van der Waals surface area contributed by atoms with Crippen molar-refractivity contribution in [3.05, 3.63) is 182 Å². The Morgan fingerprint density at radius 2 is 0.815 bits per heavy atom. The van der Waals surface area contributed by atoms with Gasteiger partial charge in [0.1, 0.15) is 0 Å². The number of hydrogen-bond acceptors (Lipinski definition) is 2. The van der Waals surface area contributed by atoms with Gasteiger partial charge in [-0.2, -0.15) is 0 Å². The van der Waals surface area contributed by atoms with E-state index >= 15 is 0 Å². The molecule has 0 unspecified atom stereocenters. The molecule has 0 atom stereocenters. The van der Waals surface area contributed by atoms with Crippen molar-refractivity contribution in [2.24, 2.45) is 0 Å². The largest absolute Gasteiger partial charge is 0.135 e. The average molecular weight is 719 g/mol. The Labute approximate surface area is 319 Å². The molecule has 0 nitrogen and oxygen atoms in total. The zero-order valence-electron chi connectivity index (χ0n) is 29.1. The molecule has 0 spiro atoms. The van der Waals surface area contributed by atoms with Gasteiger partial charge in [-0.05, 0) is 101 Å². The van der Waals surface area contributed by atoms with Crippen molar-refractivity contribution >= 4 is 106 Å². The minimum absolute atomic E-state index is 1.24. The predicted molar refractivity (Wildman–Crippen MR) is 239 cm³/mol. The van der Waals surface area contributed by atoms with E-state index in [1.54, 1.807) is 0 Å². The third-order valence-electron chi connectivity index (χ3n) is 11.4. The van der Waals surface area contributed by atoms with Crippen molar-refractivity contribution in [3.8, 4) is 33.4 Å². The predicted octanol–water partition coefficient (Wildman–Crippen LogP) is 16.0. The van der Waals surface area contributed by atoms with Crippen LogP contribution in [0.1, 0.15) is 0 Å². The molecular weight excluding hydrogens is 689 g/mol. The van der Waals surface area contributed by atoms with E-state index in [2.05, 4.69) is 182 Å². The molecule has 0 saturated carbocycles. The lowest BCUT2D eigenvalue weighted by Gasteiger charge is -2.18. The lowest BCUT2D eigenvalue weighted by molar-refractivity contribution is 1.66. The van der Waals surface area contributed by atoms with Crippen molar-refractivity contribution in [1.82, 2.24) is 0 Å². The highest BCUT2D eigenvalue weighted by Gasteiger charge is 2.19. The van der Waals surface area contributed by atoms with E-state index in [1.807, 2.05) is 22.7 Å². The number of thiophene rings is 2. The summed E-state index contributed by atoms with van der Waals surface area (Å²) >= 11 is 3.85. The summed E-state index contributed by atoms with van der Waals surface area (Å²) in [5.41, 5.74) is 7.61. The maximum absolute atomic E-state index is 2.46. The molecule has 54 heavy (non-hydrogen) atoms. The van der Waals surface area contributed by atoms with Crippen molar-refractivity contribution < 1.29 is 0 Å². The van der Waals surface area contributed by atoms with Crippen LogP contribution in [0.2, 0.25) is 0 Å². The van der Waals surface area contributed by atoms with Crippen LogP contribution in [-0.4, -0.2) is 0 Å². The smallest absolute Gasteiger partial charge is 0.0448 e. The summed E-state index contributed by atoms with van der Waals surface area (Å²) < 4.78 is 5.48.